The van der Waals surface area contributed by atoms with Crippen LogP contribution in [0.1, 0.15) is 68.1 Å². The Kier molecular flexibility index (Phi) is 7.13. The summed E-state index contributed by atoms with van der Waals surface area (Å²) in [5.74, 6) is 0.334. The normalized spacial score (nSPS) is 21.9. The highest BCUT2D eigenvalue weighted by Gasteiger charge is 2.24. The maximum atomic E-state index is 12.5. The molecule has 2 aliphatic rings. The van der Waals surface area contributed by atoms with Crippen molar-refractivity contribution < 1.29 is 9.59 Å². The molecule has 0 radical (unpaired) electrons. The highest BCUT2D eigenvalue weighted by molar-refractivity contribution is 5.94. The molecule has 3 N–H and O–H groups in total. The van der Waals surface area contributed by atoms with Crippen molar-refractivity contribution in [2.45, 2.75) is 57.8 Å². The SMILES string of the molecule is NC(=O)C1CCCN(c2ccc(C(=O)NCC3CCCCCCC3)cc2)C1. The lowest BCUT2D eigenvalue weighted by atomic mass is 9.91. The molecule has 1 aromatic rings. The molecule has 148 valence electrons. The van der Waals surface area contributed by atoms with Gasteiger partial charge in [0.1, 0.15) is 0 Å². The number of amides is 2. The van der Waals surface area contributed by atoms with Gasteiger partial charge < -0.3 is 16.0 Å². The Morgan fingerprint density at radius 3 is 2.30 bits per heavy atom. The van der Waals surface area contributed by atoms with Crippen LogP contribution in [0.4, 0.5) is 5.69 Å². The number of anilines is 1. The van der Waals surface area contributed by atoms with Gasteiger partial charge in [-0.2, -0.15) is 0 Å². The Balaban J connectivity index is 1.51. The maximum absolute atomic E-state index is 12.5. The van der Waals surface area contributed by atoms with Gasteiger partial charge in [-0.3, -0.25) is 9.59 Å². The first kappa shape index (κ1) is 19.7. The number of nitrogens with one attached hydrogen (secondary N) is 1. The van der Waals surface area contributed by atoms with E-state index in [4.69, 9.17) is 5.73 Å². The number of piperidine rings is 1. The number of carbonyl (C=O) groups is 2. The van der Waals surface area contributed by atoms with Gasteiger partial charge in [0.05, 0.1) is 5.92 Å². The Bertz CT molecular complexity index is 621. The summed E-state index contributed by atoms with van der Waals surface area (Å²) in [6, 6.07) is 7.73. The number of rotatable bonds is 5. The summed E-state index contributed by atoms with van der Waals surface area (Å²) >= 11 is 0. The minimum absolute atomic E-state index is 0.0114. The molecular weight excluding hydrogens is 338 g/mol. The molecule has 1 aromatic carbocycles. The number of nitrogens with zero attached hydrogens (tertiary/aromatic N) is 1. The molecule has 0 spiro atoms. The molecule has 0 aromatic heterocycles. The van der Waals surface area contributed by atoms with E-state index in [0.717, 1.165) is 31.6 Å². The summed E-state index contributed by atoms with van der Waals surface area (Å²) in [5.41, 5.74) is 7.22. The second kappa shape index (κ2) is 9.77. The smallest absolute Gasteiger partial charge is 0.251 e. The van der Waals surface area contributed by atoms with Gasteiger partial charge in [-0.05, 0) is 55.9 Å². The van der Waals surface area contributed by atoms with E-state index in [0.29, 0.717) is 18.0 Å². The van der Waals surface area contributed by atoms with Gasteiger partial charge in [-0.1, -0.05) is 32.1 Å². The van der Waals surface area contributed by atoms with Crippen LogP contribution in [0.15, 0.2) is 24.3 Å². The second-order valence-corrected chi connectivity index (χ2v) is 8.16. The van der Waals surface area contributed by atoms with Gasteiger partial charge in [0, 0.05) is 30.9 Å². The second-order valence-electron chi connectivity index (χ2n) is 8.16. The van der Waals surface area contributed by atoms with Crippen LogP contribution in [-0.2, 0) is 4.79 Å². The van der Waals surface area contributed by atoms with E-state index in [2.05, 4.69) is 10.2 Å². The average molecular weight is 372 g/mol. The molecule has 1 unspecified atom stereocenters. The molecule has 1 aliphatic carbocycles. The van der Waals surface area contributed by atoms with Crippen molar-refractivity contribution >= 4 is 17.5 Å². The molecule has 27 heavy (non-hydrogen) atoms. The van der Waals surface area contributed by atoms with E-state index < -0.39 is 0 Å². The van der Waals surface area contributed by atoms with Crippen LogP contribution in [0.3, 0.4) is 0 Å². The van der Waals surface area contributed by atoms with Gasteiger partial charge >= 0.3 is 0 Å². The standard InChI is InChI=1S/C22H33N3O2/c23-21(26)19-9-6-14-25(16-19)20-12-10-18(11-13-20)22(27)24-15-17-7-4-2-1-3-5-8-17/h10-13,17,19H,1-9,14-16H2,(H2,23,26)(H,24,27). The van der Waals surface area contributed by atoms with Crippen LogP contribution in [0.2, 0.25) is 0 Å². The minimum atomic E-state index is -0.218. The molecule has 2 fully saturated rings. The molecule has 3 rings (SSSR count). The first-order valence-electron chi connectivity index (χ1n) is 10.6. The first-order valence-corrected chi connectivity index (χ1v) is 10.6. The van der Waals surface area contributed by atoms with Crippen molar-refractivity contribution in [2.75, 3.05) is 24.5 Å². The lowest BCUT2D eigenvalue weighted by molar-refractivity contribution is -0.122. The van der Waals surface area contributed by atoms with E-state index in [9.17, 15) is 9.59 Å². The molecule has 1 aliphatic heterocycles. The fourth-order valence-electron chi connectivity index (χ4n) is 4.35. The summed E-state index contributed by atoms with van der Waals surface area (Å²) in [6.45, 7) is 2.38. The fourth-order valence-corrected chi connectivity index (χ4v) is 4.35. The number of carbonyl (C=O) groups excluding carboxylic acids is 2. The highest BCUT2D eigenvalue weighted by atomic mass is 16.2. The van der Waals surface area contributed by atoms with Crippen molar-refractivity contribution in [1.82, 2.24) is 5.32 Å². The van der Waals surface area contributed by atoms with Gasteiger partial charge in [-0.25, -0.2) is 0 Å². The van der Waals surface area contributed by atoms with Crippen molar-refractivity contribution in [1.29, 1.82) is 0 Å². The number of primary amides is 1. The highest BCUT2D eigenvalue weighted by Crippen LogP contribution is 2.24. The maximum Gasteiger partial charge on any atom is 0.251 e. The number of nitrogens with two attached hydrogens (primary N) is 1. The minimum Gasteiger partial charge on any atom is -0.371 e. The molecule has 5 heteroatoms. The predicted molar refractivity (Wildman–Crippen MR) is 109 cm³/mol. The Morgan fingerprint density at radius 2 is 1.63 bits per heavy atom. The van der Waals surface area contributed by atoms with E-state index >= 15 is 0 Å². The Morgan fingerprint density at radius 1 is 0.963 bits per heavy atom. The van der Waals surface area contributed by atoms with Crippen molar-refractivity contribution in [3.8, 4) is 0 Å². The largest absolute Gasteiger partial charge is 0.371 e. The van der Waals surface area contributed by atoms with E-state index in [1.54, 1.807) is 0 Å². The molecule has 1 saturated heterocycles. The quantitative estimate of drug-likeness (QED) is 0.832. The number of benzene rings is 1. The molecule has 1 atom stereocenters. The average Bonchev–Trinajstić information content (AvgIpc) is 2.67. The van der Waals surface area contributed by atoms with Gasteiger partial charge in [0.2, 0.25) is 5.91 Å². The lowest BCUT2D eigenvalue weighted by Crippen LogP contribution is -2.41. The van der Waals surface area contributed by atoms with E-state index in [1.807, 2.05) is 24.3 Å². The van der Waals surface area contributed by atoms with Gasteiger partial charge in [0.15, 0.2) is 0 Å². The molecule has 5 nitrogen and oxygen atoms in total. The number of hydrogen-bond acceptors (Lipinski definition) is 3. The monoisotopic (exact) mass is 371 g/mol. The fraction of sp³-hybridized carbons (Fsp3) is 0.636. The van der Waals surface area contributed by atoms with Gasteiger partial charge in [0.25, 0.3) is 5.91 Å². The molecule has 2 amide bonds. The van der Waals surface area contributed by atoms with Crippen LogP contribution in [0.5, 0.6) is 0 Å². The molecule has 1 saturated carbocycles. The van der Waals surface area contributed by atoms with E-state index in [1.165, 1.54) is 44.9 Å². The summed E-state index contributed by atoms with van der Waals surface area (Å²) in [7, 11) is 0. The van der Waals surface area contributed by atoms with Crippen LogP contribution in [0.25, 0.3) is 0 Å². The zero-order valence-electron chi connectivity index (χ0n) is 16.3. The molecule has 0 bridgehead atoms. The third-order valence-electron chi connectivity index (χ3n) is 6.09. The summed E-state index contributed by atoms with van der Waals surface area (Å²) in [5, 5.41) is 3.12. The first-order chi connectivity index (χ1) is 13.1. The van der Waals surface area contributed by atoms with Crippen LogP contribution >= 0.6 is 0 Å². The topological polar surface area (TPSA) is 75.4 Å². The van der Waals surface area contributed by atoms with Gasteiger partial charge in [-0.15, -0.1) is 0 Å². The molecule has 1 heterocycles. The third kappa shape index (κ3) is 5.72. The van der Waals surface area contributed by atoms with Crippen LogP contribution in [0, 0.1) is 11.8 Å². The van der Waals surface area contributed by atoms with E-state index in [-0.39, 0.29) is 17.7 Å². The third-order valence-corrected chi connectivity index (χ3v) is 6.09. The zero-order valence-corrected chi connectivity index (χ0v) is 16.3. The molecular formula is C22H33N3O2. The van der Waals surface area contributed by atoms with Crippen LogP contribution in [-0.4, -0.2) is 31.4 Å². The lowest BCUT2D eigenvalue weighted by Gasteiger charge is -2.33. The van der Waals surface area contributed by atoms with Crippen molar-refractivity contribution in [2.24, 2.45) is 17.6 Å². The number of hydrogen-bond donors (Lipinski definition) is 2. The zero-order chi connectivity index (χ0) is 19.1. The summed E-state index contributed by atoms with van der Waals surface area (Å²) < 4.78 is 0. The predicted octanol–water partition coefficient (Wildman–Crippen LogP) is 3.48. The summed E-state index contributed by atoms with van der Waals surface area (Å²) in [6.07, 6.45) is 10.9. The van der Waals surface area contributed by atoms with Crippen LogP contribution < -0.4 is 16.0 Å². The van der Waals surface area contributed by atoms with Crippen molar-refractivity contribution in [3.63, 3.8) is 0 Å². The van der Waals surface area contributed by atoms with Crippen molar-refractivity contribution in [3.05, 3.63) is 29.8 Å². The summed E-state index contributed by atoms with van der Waals surface area (Å²) in [4.78, 5) is 26.1. The Labute approximate surface area is 162 Å². The Hall–Kier alpha value is -2.04.